The SMILES string of the molecule is Cc1ccccc1C1CCCN1Cc1cnc2c(c1)c(C)nn2C. The number of nitrogens with zero attached hydrogens (tertiary/aromatic N) is 4. The van der Waals surface area contributed by atoms with Crippen LogP contribution in [0.25, 0.3) is 11.0 Å². The fourth-order valence-corrected chi connectivity index (χ4v) is 4.00. The van der Waals surface area contributed by atoms with E-state index in [1.807, 2.05) is 17.9 Å². The molecule has 4 rings (SSSR count). The maximum Gasteiger partial charge on any atom is 0.157 e. The molecule has 1 aromatic carbocycles. The molecule has 1 atom stereocenters. The van der Waals surface area contributed by atoms with Crippen LogP contribution < -0.4 is 0 Å². The first-order valence-electron chi connectivity index (χ1n) is 8.71. The van der Waals surface area contributed by atoms with E-state index in [0.29, 0.717) is 6.04 Å². The fraction of sp³-hybridized carbons (Fsp3) is 0.400. The minimum atomic E-state index is 0.525. The van der Waals surface area contributed by atoms with E-state index in [9.17, 15) is 0 Å². The molecule has 3 aromatic rings. The quantitative estimate of drug-likeness (QED) is 0.733. The molecule has 2 aromatic heterocycles. The lowest BCUT2D eigenvalue weighted by atomic mass is 9.99. The van der Waals surface area contributed by atoms with Crippen LogP contribution in [0.1, 0.15) is 41.3 Å². The summed E-state index contributed by atoms with van der Waals surface area (Å²) < 4.78 is 1.86. The molecule has 124 valence electrons. The minimum Gasteiger partial charge on any atom is -0.292 e. The smallest absolute Gasteiger partial charge is 0.157 e. The predicted molar refractivity (Wildman–Crippen MR) is 96.8 cm³/mol. The Balaban J connectivity index is 1.62. The summed E-state index contributed by atoms with van der Waals surface area (Å²) in [7, 11) is 1.96. The van der Waals surface area contributed by atoms with Gasteiger partial charge in [0.2, 0.25) is 0 Å². The first-order valence-corrected chi connectivity index (χ1v) is 8.71. The van der Waals surface area contributed by atoms with Crippen LogP contribution in [-0.2, 0) is 13.6 Å². The highest BCUT2D eigenvalue weighted by atomic mass is 15.3. The van der Waals surface area contributed by atoms with Gasteiger partial charge in [-0.2, -0.15) is 5.10 Å². The van der Waals surface area contributed by atoms with Crippen molar-refractivity contribution in [2.45, 2.75) is 39.3 Å². The van der Waals surface area contributed by atoms with Crippen LogP contribution in [0.3, 0.4) is 0 Å². The van der Waals surface area contributed by atoms with Crippen LogP contribution >= 0.6 is 0 Å². The number of likely N-dealkylation sites (tertiary alicyclic amines) is 1. The number of aromatic nitrogens is 3. The molecule has 1 aliphatic rings. The Hall–Kier alpha value is -2.20. The van der Waals surface area contributed by atoms with Crippen LogP contribution in [0, 0.1) is 13.8 Å². The van der Waals surface area contributed by atoms with Gasteiger partial charge in [-0.3, -0.25) is 9.58 Å². The van der Waals surface area contributed by atoms with Gasteiger partial charge in [0.25, 0.3) is 0 Å². The lowest BCUT2D eigenvalue weighted by Gasteiger charge is -2.26. The third-order valence-corrected chi connectivity index (χ3v) is 5.22. The van der Waals surface area contributed by atoms with E-state index in [1.165, 1.54) is 34.9 Å². The molecule has 0 radical (unpaired) electrons. The molecule has 0 bridgehead atoms. The Morgan fingerprint density at radius 1 is 1.21 bits per heavy atom. The molecule has 0 aliphatic carbocycles. The van der Waals surface area contributed by atoms with Crippen molar-refractivity contribution in [1.29, 1.82) is 0 Å². The molecule has 3 heterocycles. The number of aryl methyl sites for hydroxylation is 3. The van der Waals surface area contributed by atoms with E-state index in [0.717, 1.165) is 24.4 Å². The lowest BCUT2D eigenvalue weighted by molar-refractivity contribution is 0.247. The second kappa shape index (κ2) is 6.02. The average molecular weight is 320 g/mol. The van der Waals surface area contributed by atoms with Crippen LogP contribution in [0.2, 0.25) is 0 Å². The third-order valence-electron chi connectivity index (χ3n) is 5.22. The lowest BCUT2D eigenvalue weighted by Crippen LogP contribution is -2.23. The van der Waals surface area contributed by atoms with Gasteiger partial charge in [-0.25, -0.2) is 4.98 Å². The summed E-state index contributed by atoms with van der Waals surface area (Å²) in [4.78, 5) is 7.23. The van der Waals surface area contributed by atoms with Gasteiger partial charge >= 0.3 is 0 Å². The van der Waals surface area contributed by atoms with Crippen molar-refractivity contribution in [2.75, 3.05) is 6.54 Å². The predicted octanol–water partition coefficient (Wildman–Crippen LogP) is 3.92. The zero-order chi connectivity index (χ0) is 16.7. The minimum absolute atomic E-state index is 0.525. The zero-order valence-electron chi connectivity index (χ0n) is 14.7. The van der Waals surface area contributed by atoms with Gasteiger partial charge in [0, 0.05) is 31.2 Å². The van der Waals surface area contributed by atoms with Gasteiger partial charge < -0.3 is 0 Å². The molecular weight excluding hydrogens is 296 g/mol. The highest BCUT2D eigenvalue weighted by molar-refractivity contribution is 5.78. The molecule has 0 saturated carbocycles. The number of hydrogen-bond donors (Lipinski definition) is 0. The van der Waals surface area contributed by atoms with E-state index < -0.39 is 0 Å². The first-order chi connectivity index (χ1) is 11.6. The molecule has 0 N–H and O–H groups in total. The summed E-state index contributed by atoms with van der Waals surface area (Å²) in [6.45, 7) is 6.39. The normalized spacial score (nSPS) is 18.5. The molecular formula is C20H24N4. The standard InChI is InChI=1S/C20H24N4/c1-14-7-4-5-8-17(14)19-9-6-10-24(19)13-16-11-18-15(2)22-23(3)20(18)21-12-16/h4-5,7-8,11-12,19H,6,9-10,13H2,1-3H3. The number of benzene rings is 1. The molecule has 24 heavy (non-hydrogen) atoms. The Bertz CT molecular complexity index is 880. The summed E-state index contributed by atoms with van der Waals surface area (Å²) in [5.41, 5.74) is 6.17. The Labute approximate surface area is 143 Å². The van der Waals surface area contributed by atoms with E-state index in [-0.39, 0.29) is 0 Å². The topological polar surface area (TPSA) is 34.0 Å². The van der Waals surface area contributed by atoms with Crippen LogP contribution in [0.15, 0.2) is 36.5 Å². The van der Waals surface area contributed by atoms with Crippen molar-refractivity contribution in [3.05, 3.63) is 58.9 Å². The van der Waals surface area contributed by atoms with Crippen molar-refractivity contribution in [1.82, 2.24) is 19.7 Å². The van der Waals surface area contributed by atoms with Crippen molar-refractivity contribution in [3.8, 4) is 0 Å². The van der Waals surface area contributed by atoms with Gasteiger partial charge in [-0.15, -0.1) is 0 Å². The van der Waals surface area contributed by atoms with Gasteiger partial charge in [-0.1, -0.05) is 24.3 Å². The first kappa shape index (κ1) is 15.3. The number of rotatable bonds is 3. The zero-order valence-corrected chi connectivity index (χ0v) is 14.7. The number of fused-ring (bicyclic) bond motifs is 1. The van der Waals surface area contributed by atoms with E-state index in [2.05, 4.69) is 59.2 Å². The second-order valence-electron chi connectivity index (χ2n) is 6.91. The van der Waals surface area contributed by atoms with Crippen LogP contribution in [0.4, 0.5) is 0 Å². The summed E-state index contributed by atoms with van der Waals surface area (Å²) in [5, 5.41) is 5.65. The average Bonchev–Trinajstić information content (AvgIpc) is 3.13. The highest BCUT2D eigenvalue weighted by Gasteiger charge is 2.27. The summed E-state index contributed by atoms with van der Waals surface area (Å²) in [5.74, 6) is 0. The molecule has 1 saturated heterocycles. The Morgan fingerprint density at radius 2 is 2.04 bits per heavy atom. The highest BCUT2D eigenvalue weighted by Crippen LogP contribution is 2.34. The fourth-order valence-electron chi connectivity index (χ4n) is 4.00. The summed E-state index contributed by atoms with van der Waals surface area (Å²) in [6.07, 6.45) is 4.52. The largest absolute Gasteiger partial charge is 0.292 e. The van der Waals surface area contributed by atoms with E-state index >= 15 is 0 Å². The van der Waals surface area contributed by atoms with Crippen molar-refractivity contribution >= 4 is 11.0 Å². The summed E-state index contributed by atoms with van der Waals surface area (Å²) >= 11 is 0. The molecule has 0 amide bonds. The Morgan fingerprint density at radius 3 is 2.88 bits per heavy atom. The molecule has 0 spiro atoms. The maximum atomic E-state index is 4.63. The second-order valence-corrected chi connectivity index (χ2v) is 6.91. The molecule has 1 fully saturated rings. The van der Waals surface area contributed by atoms with Crippen molar-refractivity contribution in [3.63, 3.8) is 0 Å². The number of hydrogen-bond acceptors (Lipinski definition) is 3. The van der Waals surface area contributed by atoms with Gasteiger partial charge in [0.1, 0.15) is 0 Å². The molecule has 4 heteroatoms. The Kier molecular flexibility index (Phi) is 3.85. The maximum absolute atomic E-state index is 4.63. The van der Waals surface area contributed by atoms with Gasteiger partial charge in [-0.05, 0) is 56.0 Å². The van der Waals surface area contributed by atoms with E-state index in [4.69, 9.17) is 0 Å². The van der Waals surface area contributed by atoms with Crippen molar-refractivity contribution in [2.24, 2.45) is 7.05 Å². The van der Waals surface area contributed by atoms with Crippen molar-refractivity contribution < 1.29 is 0 Å². The monoisotopic (exact) mass is 320 g/mol. The summed E-state index contributed by atoms with van der Waals surface area (Å²) in [6, 6.07) is 11.6. The third kappa shape index (κ3) is 2.61. The van der Waals surface area contributed by atoms with Crippen LogP contribution in [-0.4, -0.2) is 26.2 Å². The van der Waals surface area contributed by atoms with Crippen LogP contribution in [0.5, 0.6) is 0 Å². The number of pyridine rings is 1. The van der Waals surface area contributed by atoms with E-state index in [1.54, 1.807) is 0 Å². The molecule has 1 unspecified atom stereocenters. The molecule has 4 nitrogen and oxygen atoms in total. The molecule has 1 aliphatic heterocycles. The van der Waals surface area contributed by atoms with Gasteiger partial charge in [0.05, 0.1) is 5.69 Å². The van der Waals surface area contributed by atoms with Gasteiger partial charge in [0.15, 0.2) is 5.65 Å².